The molecule has 25 heavy (non-hydrogen) atoms. The third kappa shape index (κ3) is 5.49. The highest BCUT2D eigenvalue weighted by molar-refractivity contribution is 9.10. The molecule has 0 aliphatic heterocycles. The summed E-state index contributed by atoms with van der Waals surface area (Å²) in [7, 11) is 0. The van der Waals surface area contributed by atoms with Crippen molar-refractivity contribution in [1.82, 2.24) is 5.32 Å². The van der Waals surface area contributed by atoms with Gasteiger partial charge in [-0.1, -0.05) is 46.3 Å². The molecule has 1 atom stereocenters. The van der Waals surface area contributed by atoms with Crippen LogP contribution < -0.4 is 14.8 Å². The summed E-state index contributed by atoms with van der Waals surface area (Å²) in [5.41, 5.74) is 1.95. The van der Waals surface area contributed by atoms with Crippen molar-refractivity contribution in [1.29, 1.82) is 0 Å². The maximum absolute atomic E-state index is 12.4. The summed E-state index contributed by atoms with van der Waals surface area (Å²) in [6.45, 7) is 6.92. The molecule has 0 radical (unpaired) electrons. The number of rotatable bonds is 8. The summed E-state index contributed by atoms with van der Waals surface area (Å²) in [4.78, 5) is 12.4. The molecule has 134 valence electrons. The topological polar surface area (TPSA) is 47.6 Å². The van der Waals surface area contributed by atoms with Crippen LogP contribution in [-0.2, 0) is 11.2 Å². The molecular weight excluding hydrogens is 382 g/mol. The van der Waals surface area contributed by atoms with Crippen LogP contribution in [0.25, 0.3) is 0 Å². The van der Waals surface area contributed by atoms with E-state index in [0.717, 1.165) is 15.6 Å². The normalized spacial score (nSPS) is 11.7. The first kappa shape index (κ1) is 19.3. The molecule has 0 saturated heterocycles. The number of ether oxygens (including phenoxy) is 2. The monoisotopic (exact) mass is 405 g/mol. The lowest BCUT2D eigenvalue weighted by atomic mass is 10.1. The first-order valence-electron chi connectivity index (χ1n) is 8.47. The maximum Gasteiger partial charge on any atom is 0.224 e. The average Bonchev–Trinajstić information content (AvgIpc) is 2.60. The van der Waals surface area contributed by atoms with E-state index in [0.29, 0.717) is 24.7 Å². The van der Waals surface area contributed by atoms with Gasteiger partial charge in [0.1, 0.15) is 0 Å². The van der Waals surface area contributed by atoms with E-state index >= 15 is 0 Å². The molecule has 0 aromatic heterocycles. The summed E-state index contributed by atoms with van der Waals surface area (Å²) in [5, 5.41) is 3.03. The fourth-order valence-electron chi connectivity index (χ4n) is 2.54. The molecule has 0 bridgehead atoms. The van der Waals surface area contributed by atoms with Crippen LogP contribution in [-0.4, -0.2) is 19.1 Å². The Hall–Kier alpha value is -2.01. The van der Waals surface area contributed by atoms with Crippen LogP contribution in [0.3, 0.4) is 0 Å². The smallest absolute Gasteiger partial charge is 0.224 e. The zero-order valence-electron chi connectivity index (χ0n) is 14.8. The van der Waals surface area contributed by atoms with E-state index in [-0.39, 0.29) is 18.4 Å². The molecule has 0 unspecified atom stereocenters. The second-order valence-corrected chi connectivity index (χ2v) is 6.49. The van der Waals surface area contributed by atoms with Crippen molar-refractivity contribution in [3.63, 3.8) is 0 Å². The Morgan fingerprint density at radius 3 is 2.28 bits per heavy atom. The van der Waals surface area contributed by atoms with Gasteiger partial charge in [-0.2, -0.15) is 0 Å². The Balaban J connectivity index is 2.10. The first-order valence-corrected chi connectivity index (χ1v) is 9.26. The number of hydrogen-bond donors (Lipinski definition) is 1. The van der Waals surface area contributed by atoms with Gasteiger partial charge in [0.05, 0.1) is 25.7 Å². The standard InChI is InChI=1S/C20H24BrNO3/c1-4-24-18-11-16(17(21)13-19(18)25-5-2)12-20(23)22-14(3)15-9-7-6-8-10-15/h6-11,13-14H,4-5,12H2,1-3H3,(H,22,23)/t14-/m1/s1. The number of amides is 1. The maximum atomic E-state index is 12.4. The summed E-state index contributed by atoms with van der Waals surface area (Å²) >= 11 is 3.53. The average molecular weight is 406 g/mol. The summed E-state index contributed by atoms with van der Waals surface area (Å²) in [5.74, 6) is 1.30. The Labute approximate surface area is 157 Å². The van der Waals surface area contributed by atoms with E-state index in [1.54, 1.807) is 0 Å². The molecule has 2 aromatic rings. The van der Waals surface area contributed by atoms with Crippen molar-refractivity contribution in [2.45, 2.75) is 33.2 Å². The van der Waals surface area contributed by atoms with Crippen molar-refractivity contribution in [2.24, 2.45) is 0 Å². The van der Waals surface area contributed by atoms with Crippen molar-refractivity contribution in [2.75, 3.05) is 13.2 Å². The third-order valence-electron chi connectivity index (χ3n) is 3.74. The predicted molar refractivity (Wildman–Crippen MR) is 103 cm³/mol. The fraction of sp³-hybridized carbons (Fsp3) is 0.350. The number of benzene rings is 2. The molecule has 0 spiro atoms. The van der Waals surface area contributed by atoms with Crippen LogP contribution >= 0.6 is 15.9 Å². The molecule has 2 aromatic carbocycles. The molecule has 0 aliphatic carbocycles. The van der Waals surface area contributed by atoms with Gasteiger partial charge in [0.2, 0.25) is 5.91 Å². The highest BCUT2D eigenvalue weighted by atomic mass is 79.9. The SMILES string of the molecule is CCOc1cc(Br)c(CC(=O)N[C@H](C)c2ccccc2)cc1OCC. The van der Waals surface area contributed by atoms with Gasteiger partial charge in [-0.15, -0.1) is 0 Å². The predicted octanol–water partition coefficient (Wildman–Crippen LogP) is 4.67. The van der Waals surface area contributed by atoms with Crippen LogP contribution in [0.2, 0.25) is 0 Å². The second kappa shape index (κ2) is 9.47. The molecule has 5 heteroatoms. The van der Waals surface area contributed by atoms with E-state index in [2.05, 4.69) is 21.2 Å². The van der Waals surface area contributed by atoms with Crippen molar-refractivity contribution >= 4 is 21.8 Å². The quantitative estimate of drug-likeness (QED) is 0.693. The van der Waals surface area contributed by atoms with E-state index < -0.39 is 0 Å². The van der Waals surface area contributed by atoms with Crippen LogP contribution in [0.1, 0.15) is 37.9 Å². The zero-order valence-corrected chi connectivity index (χ0v) is 16.4. The number of carbonyl (C=O) groups excluding carboxylic acids is 1. The van der Waals surface area contributed by atoms with Gasteiger partial charge < -0.3 is 14.8 Å². The molecule has 4 nitrogen and oxygen atoms in total. The molecule has 0 saturated carbocycles. The minimum absolute atomic E-state index is 0.0383. The van der Waals surface area contributed by atoms with Gasteiger partial charge in [0, 0.05) is 4.47 Å². The minimum Gasteiger partial charge on any atom is -0.490 e. The van der Waals surface area contributed by atoms with Crippen LogP contribution in [0.4, 0.5) is 0 Å². The zero-order chi connectivity index (χ0) is 18.2. The van der Waals surface area contributed by atoms with Crippen LogP contribution in [0, 0.1) is 0 Å². The summed E-state index contributed by atoms with van der Waals surface area (Å²) < 4.78 is 12.1. The molecule has 0 fully saturated rings. The van der Waals surface area contributed by atoms with E-state index in [4.69, 9.17) is 9.47 Å². The van der Waals surface area contributed by atoms with Crippen molar-refractivity contribution < 1.29 is 14.3 Å². The van der Waals surface area contributed by atoms with Gasteiger partial charge in [0.15, 0.2) is 11.5 Å². The molecule has 0 heterocycles. The highest BCUT2D eigenvalue weighted by Crippen LogP contribution is 2.34. The van der Waals surface area contributed by atoms with E-state index in [1.807, 2.05) is 63.2 Å². The molecule has 1 amide bonds. The lowest BCUT2D eigenvalue weighted by molar-refractivity contribution is -0.121. The molecule has 1 N–H and O–H groups in total. The highest BCUT2D eigenvalue weighted by Gasteiger charge is 2.15. The lowest BCUT2D eigenvalue weighted by Gasteiger charge is -2.16. The number of carbonyl (C=O) groups is 1. The van der Waals surface area contributed by atoms with Gasteiger partial charge >= 0.3 is 0 Å². The number of halogens is 1. The van der Waals surface area contributed by atoms with Gasteiger partial charge in [-0.25, -0.2) is 0 Å². The van der Waals surface area contributed by atoms with Gasteiger partial charge in [0.25, 0.3) is 0 Å². The Kier molecular flexibility index (Phi) is 7.31. The van der Waals surface area contributed by atoms with Crippen molar-refractivity contribution in [3.8, 4) is 11.5 Å². The molecule has 0 aliphatic rings. The summed E-state index contributed by atoms with van der Waals surface area (Å²) in [6.07, 6.45) is 0.268. The lowest BCUT2D eigenvalue weighted by Crippen LogP contribution is -2.28. The summed E-state index contributed by atoms with van der Waals surface area (Å²) in [6, 6.07) is 13.6. The van der Waals surface area contributed by atoms with Gasteiger partial charge in [-0.3, -0.25) is 4.79 Å². The largest absolute Gasteiger partial charge is 0.490 e. The Morgan fingerprint density at radius 2 is 1.68 bits per heavy atom. The molecular formula is C20H24BrNO3. The molecule has 2 rings (SSSR count). The fourth-order valence-corrected chi connectivity index (χ4v) is 3.00. The van der Waals surface area contributed by atoms with Gasteiger partial charge in [-0.05, 0) is 44.0 Å². The Bertz CT molecular complexity index is 704. The van der Waals surface area contributed by atoms with E-state index in [9.17, 15) is 4.79 Å². The van der Waals surface area contributed by atoms with Crippen LogP contribution in [0.5, 0.6) is 11.5 Å². The van der Waals surface area contributed by atoms with Crippen LogP contribution in [0.15, 0.2) is 46.9 Å². The van der Waals surface area contributed by atoms with E-state index in [1.165, 1.54) is 0 Å². The third-order valence-corrected chi connectivity index (χ3v) is 4.48. The Morgan fingerprint density at radius 1 is 1.08 bits per heavy atom. The minimum atomic E-state index is -0.0402. The number of nitrogens with one attached hydrogen (secondary N) is 1. The second-order valence-electron chi connectivity index (χ2n) is 5.63. The number of hydrogen-bond acceptors (Lipinski definition) is 3. The first-order chi connectivity index (χ1) is 12.0. The van der Waals surface area contributed by atoms with Crippen molar-refractivity contribution in [3.05, 3.63) is 58.1 Å².